The van der Waals surface area contributed by atoms with Crippen molar-refractivity contribution in [2.45, 2.75) is 32.3 Å². The van der Waals surface area contributed by atoms with E-state index in [0.29, 0.717) is 0 Å². The summed E-state index contributed by atoms with van der Waals surface area (Å²) in [5, 5.41) is 0. The third kappa shape index (κ3) is 2.33. The minimum atomic E-state index is -0.684. The number of hydrogen-bond acceptors (Lipinski definition) is 4. The Morgan fingerprint density at radius 3 is 2.65 bits per heavy atom. The van der Waals surface area contributed by atoms with Crippen molar-refractivity contribution in [3.63, 3.8) is 0 Å². The van der Waals surface area contributed by atoms with Gasteiger partial charge in [0.05, 0.1) is 7.11 Å². The van der Waals surface area contributed by atoms with Gasteiger partial charge in [0.25, 0.3) is 0 Å². The SMILES string of the molecule is COC(=O)[C@@H]1OC(C)O[C@@H]1c1ccccc1C. The normalized spacial score (nSPS) is 28.1. The molecule has 1 aliphatic heterocycles. The Labute approximate surface area is 100 Å². The van der Waals surface area contributed by atoms with Crippen LogP contribution in [0, 0.1) is 6.92 Å². The van der Waals surface area contributed by atoms with Gasteiger partial charge in [0.1, 0.15) is 6.10 Å². The predicted octanol–water partition coefficient (Wildman–Crippen LogP) is 1.97. The zero-order valence-corrected chi connectivity index (χ0v) is 10.2. The molecular formula is C13H16O4. The van der Waals surface area contributed by atoms with Crippen molar-refractivity contribution in [1.29, 1.82) is 0 Å². The number of carbonyl (C=O) groups excluding carboxylic acids is 1. The highest BCUT2D eigenvalue weighted by atomic mass is 16.7. The van der Waals surface area contributed by atoms with E-state index < -0.39 is 24.5 Å². The lowest BCUT2D eigenvalue weighted by molar-refractivity contribution is -0.153. The van der Waals surface area contributed by atoms with E-state index in [1.54, 1.807) is 6.92 Å². The largest absolute Gasteiger partial charge is 0.467 e. The molecule has 0 N–H and O–H groups in total. The molecule has 1 aromatic carbocycles. The fraction of sp³-hybridized carbons (Fsp3) is 0.462. The van der Waals surface area contributed by atoms with Gasteiger partial charge in [0.15, 0.2) is 12.4 Å². The summed E-state index contributed by atoms with van der Waals surface area (Å²) >= 11 is 0. The number of aryl methyl sites for hydroxylation is 1. The summed E-state index contributed by atoms with van der Waals surface area (Å²) in [7, 11) is 1.35. The van der Waals surface area contributed by atoms with Crippen molar-refractivity contribution >= 4 is 5.97 Å². The van der Waals surface area contributed by atoms with Gasteiger partial charge in [0.2, 0.25) is 0 Å². The molecule has 17 heavy (non-hydrogen) atoms. The minimum Gasteiger partial charge on any atom is -0.467 e. The number of ether oxygens (including phenoxy) is 3. The van der Waals surface area contributed by atoms with Crippen LogP contribution in [0.25, 0.3) is 0 Å². The van der Waals surface area contributed by atoms with Crippen LogP contribution in [-0.2, 0) is 19.0 Å². The molecule has 1 aromatic rings. The van der Waals surface area contributed by atoms with Gasteiger partial charge >= 0.3 is 5.97 Å². The summed E-state index contributed by atoms with van der Waals surface area (Å²) < 4.78 is 15.8. The molecule has 3 atom stereocenters. The smallest absolute Gasteiger partial charge is 0.338 e. The maximum atomic E-state index is 11.6. The average Bonchev–Trinajstić information content (AvgIpc) is 2.71. The van der Waals surface area contributed by atoms with E-state index in [-0.39, 0.29) is 0 Å². The van der Waals surface area contributed by atoms with Gasteiger partial charge in [-0.25, -0.2) is 4.79 Å². The molecule has 0 spiro atoms. The molecule has 4 nitrogen and oxygen atoms in total. The van der Waals surface area contributed by atoms with Crippen LogP contribution in [-0.4, -0.2) is 25.5 Å². The van der Waals surface area contributed by atoms with Gasteiger partial charge in [-0.15, -0.1) is 0 Å². The van der Waals surface area contributed by atoms with Crippen LogP contribution in [0.4, 0.5) is 0 Å². The first kappa shape index (κ1) is 12.1. The van der Waals surface area contributed by atoms with E-state index in [0.717, 1.165) is 11.1 Å². The first-order valence-electron chi connectivity index (χ1n) is 5.57. The van der Waals surface area contributed by atoms with Gasteiger partial charge in [-0.05, 0) is 25.0 Å². The standard InChI is InChI=1S/C13H16O4/c1-8-6-4-5-7-10(8)11-12(13(14)15-3)17-9(2)16-11/h4-7,9,11-12H,1-3H3/t9?,11-,12-/m1/s1. The van der Waals surface area contributed by atoms with Gasteiger partial charge in [0, 0.05) is 0 Å². The summed E-state index contributed by atoms with van der Waals surface area (Å²) in [4.78, 5) is 11.6. The summed E-state index contributed by atoms with van der Waals surface area (Å²) in [5.41, 5.74) is 2.04. The second-order valence-corrected chi connectivity index (χ2v) is 4.06. The highest BCUT2D eigenvalue weighted by Gasteiger charge is 2.41. The van der Waals surface area contributed by atoms with Gasteiger partial charge in [-0.2, -0.15) is 0 Å². The maximum absolute atomic E-state index is 11.6. The van der Waals surface area contributed by atoms with Crippen LogP contribution in [0.3, 0.4) is 0 Å². The lowest BCUT2D eigenvalue weighted by Crippen LogP contribution is -2.27. The van der Waals surface area contributed by atoms with Crippen LogP contribution in [0.15, 0.2) is 24.3 Å². The van der Waals surface area contributed by atoms with E-state index in [9.17, 15) is 4.79 Å². The highest BCUT2D eigenvalue weighted by molar-refractivity contribution is 5.76. The topological polar surface area (TPSA) is 44.8 Å². The van der Waals surface area contributed by atoms with Gasteiger partial charge in [-0.3, -0.25) is 0 Å². The van der Waals surface area contributed by atoms with Crippen LogP contribution in [0.1, 0.15) is 24.2 Å². The maximum Gasteiger partial charge on any atom is 0.338 e. The summed E-state index contributed by atoms with van der Waals surface area (Å²) in [6.07, 6.45) is -1.47. The number of rotatable bonds is 2. The van der Waals surface area contributed by atoms with E-state index >= 15 is 0 Å². The molecule has 92 valence electrons. The fourth-order valence-electron chi connectivity index (χ4n) is 2.03. The Balaban J connectivity index is 2.30. The number of hydrogen-bond donors (Lipinski definition) is 0. The first-order chi connectivity index (χ1) is 8.13. The Bertz CT molecular complexity index is 416. The zero-order chi connectivity index (χ0) is 12.4. The van der Waals surface area contributed by atoms with Crippen LogP contribution in [0.2, 0.25) is 0 Å². The molecular weight excluding hydrogens is 220 g/mol. The number of methoxy groups -OCH3 is 1. The summed E-state index contributed by atoms with van der Waals surface area (Å²) in [6.45, 7) is 3.75. The highest BCUT2D eigenvalue weighted by Crippen LogP contribution is 2.34. The quantitative estimate of drug-likeness (QED) is 0.736. The molecule has 0 saturated carbocycles. The Morgan fingerprint density at radius 2 is 2.00 bits per heavy atom. The molecule has 2 rings (SSSR count). The Morgan fingerprint density at radius 1 is 1.29 bits per heavy atom. The van der Waals surface area contributed by atoms with E-state index in [1.165, 1.54) is 7.11 Å². The zero-order valence-electron chi connectivity index (χ0n) is 10.2. The third-order valence-corrected chi connectivity index (χ3v) is 2.88. The fourth-order valence-corrected chi connectivity index (χ4v) is 2.03. The lowest BCUT2D eigenvalue weighted by atomic mass is 10.00. The van der Waals surface area contributed by atoms with Gasteiger partial charge in [-0.1, -0.05) is 24.3 Å². The molecule has 1 saturated heterocycles. The monoisotopic (exact) mass is 236 g/mol. The molecule has 0 radical (unpaired) electrons. The number of esters is 1. The van der Waals surface area contributed by atoms with Crippen molar-refractivity contribution in [3.8, 4) is 0 Å². The molecule has 1 heterocycles. The molecule has 0 bridgehead atoms. The van der Waals surface area contributed by atoms with Crippen molar-refractivity contribution in [2.24, 2.45) is 0 Å². The molecule has 4 heteroatoms. The van der Waals surface area contributed by atoms with Crippen molar-refractivity contribution in [1.82, 2.24) is 0 Å². The van der Waals surface area contributed by atoms with Crippen LogP contribution in [0.5, 0.6) is 0 Å². The lowest BCUT2D eigenvalue weighted by Gasteiger charge is -2.16. The number of carbonyl (C=O) groups is 1. The van der Waals surface area contributed by atoms with Crippen molar-refractivity contribution in [2.75, 3.05) is 7.11 Å². The molecule has 0 aliphatic carbocycles. The minimum absolute atomic E-state index is 0.390. The second kappa shape index (κ2) is 4.85. The van der Waals surface area contributed by atoms with Crippen molar-refractivity contribution in [3.05, 3.63) is 35.4 Å². The first-order valence-corrected chi connectivity index (χ1v) is 5.57. The third-order valence-electron chi connectivity index (χ3n) is 2.88. The molecule has 1 fully saturated rings. The summed E-state index contributed by atoms with van der Waals surface area (Å²) in [6, 6.07) is 7.79. The summed E-state index contributed by atoms with van der Waals surface area (Å²) in [5.74, 6) is -0.400. The Kier molecular flexibility index (Phi) is 3.45. The molecule has 0 aromatic heterocycles. The van der Waals surface area contributed by atoms with Crippen LogP contribution < -0.4 is 0 Å². The van der Waals surface area contributed by atoms with Crippen LogP contribution >= 0.6 is 0 Å². The second-order valence-electron chi connectivity index (χ2n) is 4.06. The molecule has 0 amide bonds. The predicted molar refractivity (Wildman–Crippen MR) is 61.4 cm³/mol. The van der Waals surface area contributed by atoms with Crippen molar-refractivity contribution < 1.29 is 19.0 Å². The van der Waals surface area contributed by atoms with E-state index in [2.05, 4.69) is 0 Å². The molecule has 1 aliphatic rings. The van der Waals surface area contributed by atoms with Gasteiger partial charge < -0.3 is 14.2 Å². The van der Waals surface area contributed by atoms with E-state index in [4.69, 9.17) is 14.2 Å². The molecule has 1 unspecified atom stereocenters. The number of benzene rings is 1. The Hall–Kier alpha value is -1.39. The average molecular weight is 236 g/mol. The van der Waals surface area contributed by atoms with E-state index in [1.807, 2.05) is 31.2 Å².